The van der Waals surface area contributed by atoms with Gasteiger partial charge in [-0.3, -0.25) is 9.78 Å². The average molecular weight is 333 g/mol. The summed E-state index contributed by atoms with van der Waals surface area (Å²) < 4.78 is 0. The minimum Gasteiger partial charge on any atom is -0.337 e. The number of carbonyl (C=O) groups is 1. The number of likely N-dealkylation sites (tertiary alicyclic amines) is 1. The second kappa shape index (κ2) is 6.84. The number of benzene rings is 1. The van der Waals surface area contributed by atoms with Crippen LogP contribution in [0.15, 0.2) is 48.7 Å². The highest BCUT2D eigenvalue weighted by Gasteiger charge is 2.19. The second-order valence-corrected chi connectivity index (χ2v) is 6.16. The molecular formula is C19H19N5O. The molecule has 1 N–H and O–H groups in total. The van der Waals surface area contributed by atoms with E-state index in [0.717, 1.165) is 42.5 Å². The molecule has 126 valence electrons. The van der Waals surface area contributed by atoms with Gasteiger partial charge < -0.3 is 10.2 Å². The monoisotopic (exact) mass is 333 g/mol. The fourth-order valence-corrected chi connectivity index (χ4v) is 3.12. The van der Waals surface area contributed by atoms with Crippen molar-refractivity contribution >= 4 is 28.3 Å². The van der Waals surface area contributed by atoms with Crippen molar-refractivity contribution in [2.75, 3.05) is 18.4 Å². The van der Waals surface area contributed by atoms with Crippen LogP contribution < -0.4 is 5.32 Å². The summed E-state index contributed by atoms with van der Waals surface area (Å²) in [6, 6.07) is 13.4. The summed E-state index contributed by atoms with van der Waals surface area (Å²) in [4.78, 5) is 18.7. The molecule has 1 saturated heterocycles. The van der Waals surface area contributed by atoms with Gasteiger partial charge in [-0.15, -0.1) is 10.2 Å². The lowest BCUT2D eigenvalue weighted by Crippen LogP contribution is -2.36. The molecule has 25 heavy (non-hydrogen) atoms. The number of anilines is 2. The summed E-state index contributed by atoms with van der Waals surface area (Å²) in [7, 11) is 0. The van der Waals surface area contributed by atoms with Gasteiger partial charge in [0.25, 0.3) is 5.91 Å². The third kappa shape index (κ3) is 3.28. The van der Waals surface area contributed by atoms with E-state index in [2.05, 4.69) is 20.5 Å². The maximum Gasteiger partial charge on any atom is 0.274 e. The fourth-order valence-electron chi connectivity index (χ4n) is 3.12. The molecule has 1 aliphatic rings. The van der Waals surface area contributed by atoms with Crippen LogP contribution in [0.4, 0.5) is 11.5 Å². The molecule has 1 amide bonds. The molecule has 2 aromatic heterocycles. The average Bonchev–Trinajstić information content (AvgIpc) is 2.69. The van der Waals surface area contributed by atoms with Gasteiger partial charge >= 0.3 is 0 Å². The Bertz CT molecular complexity index is 882. The normalized spacial score (nSPS) is 14.5. The molecule has 0 spiro atoms. The van der Waals surface area contributed by atoms with Gasteiger partial charge in [0, 0.05) is 24.7 Å². The van der Waals surface area contributed by atoms with Gasteiger partial charge in [0.2, 0.25) is 0 Å². The number of piperidine rings is 1. The topological polar surface area (TPSA) is 71.0 Å². The summed E-state index contributed by atoms with van der Waals surface area (Å²) in [5.74, 6) is 0.555. The summed E-state index contributed by atoms with van der Waals surface area (Å²) in [5.41, 5.74) is 2.13. The van der Waals surface area contributed by atoms with E-state index >= 15 is 0 Å². The van der Waals surface area contributed by atoms with Crippen LogP contribution in [0.3, 0.4) is 0 Å². The Hall–Kier alpha value is -3.02. The van der Waals surface area contributed by atoms with Crippen LogP contribution in [0.5, 0.6) is 0 Å². The Morgan fingerprint density at radius 3 is 2.60 bits per heavy atom. The highest BCUT2D eigenvalue weighted by Crippen LogP contribution is 2.23. The number of hydrogen-bond acceptors (Lipinski definition) is 5. The summed E-state index contributed by atoms with van der Waals surface area (Å²) in [6.07, 6.45) is 5.08. The largest absolute Gasteiger partial charge is 0.337 e. The Balaban J connectivity index is 1.53. The molecule has 1 aromatic carbocycles. The molecule has 4 rings (SSSR count). The van der Waals surface area contributed by atoms with Crippen LogP contribution in [0.1, 0.15) is 29.8 Å². The molecule has 1 aliphatic heterocycles. The van der Waals surface area contributed by atoms with Crippen LogP contribution in [0.25, 0.3) is 10.9 Å². The SMILES string of the molecule is O=C(c1ccc(Nc2cccc3cccnc23)nn1)N1CCCCC1. The number of nitrogens with zero attached hydrogens (tertiary/aromatic N) is 4. The van der Waals surface area contributed by atoms with Crippen molar-refractivity contribution < 1.29 is 4.79 Å². The Kier molecular flexibility index (Phi) is 4.24. The fraction of sp³-hybridized carbons (Fsp3) is 0.263. The number of fused-ring (bicyclic) bond motifs is 1. The molecule has 3 aromatic rings. The van der Waals surface area contributed by atoms with E-state index in [0.29, 0.717) is 11.5 Å². The first-order valence-corrected chi connectivity index (χ1v) is 8.55. The number of aromatic nitrogens is 3. The van der Waals surface area contributed by atoms with Crippen LogP contribution in [-0.2, 0) is 0 Å². The number of amides is 1. The summed E-state index contributed by atoms with van der Waals surface area (Å²) in [5, 5.41) is 12.6. The molecule has 6 heteroatoms. The molecule has 0 saturated carbocycles. The van der Waals surface area contributed by atoms with Crippen molar-refractivity contribution in [1.82, 2.24) is 20.1 Å². The molecule has 0 unspecified atom stereocenters. The van der Waals surface area contributed by atoms with Gasteiger partial charge in [-0.05, 0) is 43.5 Å². The third-order valence-electron chi connectivity index (χ3n) is 4.42. The Morgan fingerprint density at radius 1 is 0.960 bits per heavy atom. The van der Waals surface area contributed by atoms with E-state index in [9.17, 15) is 4.79 Å². The molecule has 0 radical (unpaired) electrons. The lowest BCUT2D eigenvalue weighted by molar-refractivity contribution is 0.0717. The van der Waals surface area contributed by atoms with Crippen molar-refractivity contribution in [3.05, 3.63) is 54.4 Å². The molecule has 0 bridgehead atoms. The van der Waals surface area contributed by atoms with Gasteiger partial charge in [0.05, 0.1) is 11.2 Å². The van der Waals surface area contributed by atoms with Gasteiger partial charge in [-0.25, -0.2) is 0 Å². The Morgan fingerprint density at radius 2 is 1.80 bits per heavy atom. The maximum absolute atomic E-state index is 12.4. The van der Waals surface area contributed by atoms with Crippen molar-refractivity contribution in [3.8, 4) is 0 Å². The van der Waals surface area contributed by atoms with E-state index in [1.165, 1.54) is 6.42 Å². The van der Waals surface area contributed by atoms with E-state index < -0.39 is 0 Å². The molecule has 3 heterocycles. The van der Waals surface area contributed by atoms with E-state index in [-0.39, 0.29) is 5.91 Å². The summed E-state index contributed by atoms with van der Waals surface area (Å²) in [6.45, 7) is 1.62. The van der Waals surface area contributed by atoms with Crippen molar-refractivity contribution in [2.24, 2.45) is 0 Å². The van der Waals surface area contributed by atoms with Gasteiger partial charge in [0.15, 0.2) is 11.5 Å². The van der Waals surface area contributed by atoms with Gasteiger partial charge in [-0.1, -0.05) is 18.2 Å². The van der Waals surface area contributed by atoms with Crippen molar-refractivity contribution in [3.63, 3.8) is 0 Å². The Labute approximate surface area is 145 Å². The predicted octanol–water partition coefficient (Wildman–Crippen LogP) is 3.39. The lowest BCUT2D eigenvalue weighted by atomic mass is 10.1. The number of carbonyl (C=O) groups excluding carboxylic acids is 1. The number of rotatable bonds is 3. The van der Waals surface area contributed by atoms with E-state index in [1.807, 2.05) is 35.2 Å². The zero-order chi connectivity index (χ0) is 17.1. The minimum atomic E-state index is -0.0365. The number of pyridine rings is 1. The van der Waals surface area contributed by atoms with Crippen molar-refractivity contribution in [1.29, 1.82) is 0 Å². The van der Waals surface area contributed by atoms with Crippen LogP contribution >= 0.6 is 0 Å². The lowest BCUT2D eigenvalue weighted by Gasteiger charge is -2.26. The highest BCUT2D eigenvalue weighted by molar-refractivity contribution is 5.93. The van der Waals surface area contributed by atoms with E-state index in [4.69, 9.17) is 0 Å². The first-order valence-electron chi connectivity index (χ1n) is 8.55. The van der Waals surface area contributed by atoms with E-state index in [1.54, 1.807) is 18.3 Å². The second-order valence-electron chi connectivity index (χ2n) is 6.16. The zero-order valence-electron chi connectivity index (χ0n) is 13.9. The molecule has 6 nitrogen and oxygen atoms in total. The maximum atomic E-state index is 12.4. The first kappa shape index (κ1) is 15.5. The molecular weight excluding hydrogens is 314 g/mol. The van der Waals surface area contributed by atoms with Gasteiger partial charge in [-0.2, -0.15) is 0 Å². The third-order valence-corrected chi connectivity index (χ3v) is 4.42. The molecule has 0 aliphatic carbocycles. The highest BCUT2D eigenvalue weighted by atomic mass is 16.2. The summed E-state index contributed by atoms with van der Waals surface area (Å²) >= 11 is 0. The minimum absolute atomic E-state index is 0.0365. The number of para-hydroxylation sites is 1. The zero-order valence-corrected chi connectivity index (χ0v) is 13.9. The predicted molar refractivity (Wildman–Crippen MR) is 96.8 cm³/mol. The van der Waals surface area contributed by atoms with Crippen LogP contribution in [0.2, 0.25) is 0 Å². The smallest absolute Gasteiger partial charge is 0.274 e. The quantitative estimate of drug-likeness (QED) is 0.795. The van der Waals surface area contributed by atoms with Crippen molar-refractivity contribution in [2.45, 2.75) is 19.3 Å². The van der Waals surface area contributed by atoms with Crippen LogP contribution in [-0.4, -0.2) is 39.1 Å². The molecule has 0 atom stereocenters. The number of nitrogens with one attached hydrogen (secondary N) is 1. The molecule has 1 fully saturated rings. The van der Waals surface area contributed by atoms with Gasteiger partial charge in [0.1, 0.15) is 0 Å². The standard InChI is InChI=1S/C19H19N5O/c25-19(24-12-2-1-3-13-24)16-9-10-17(23-22-16)21-15-8-4-6-14-7-5-11-20-18(14)15/h4-11H,1-3,12-13H2,(H,21,23). The van der Waals surface area contributed by atoms with Crippen LogP contribution in [0, 0.1) is 0 Å². The number of hydrogen-bond donors (Lipinski definition) is 1. The first-order chi connectivity index (χ1) is 12.3.